The molecule has 0 radical (unpaired) electrons. The lowest BCUT2D eigenvalue weighted by Crippen LogP contribution is -2.13. The molecule has 0 atom stereocenters. The Labute approximate surface area is 114 Å². The summed E-state index contributed by atoms with van der Waals surface area (Å²) in [5.74, 6) is 8.21. The first-order valence-corrected chi connectivity index (χ1v) is 6.50. The molecule has 1 heterocycles. The highest BCUT2D eigenvalue weighted by Gasteiger charge is 2.17. The van der Waals surface area contributed by atoms with Gasteiger partial charge in [-0.05, 0) is 19.5 Å². The molecule has 0 unspecified atom stereocenters. The maximum Gasteiger partial charge on any atom is 0.231 e. The Kier molecular flexibility index (Phi) is 4.93. The summed E-state index contributed by atoms with van der Waals surface area (Å²) in [5, 5.41) is 3.29. The van der Waals surface area contributed by atoms with E-state index in [9.17, 15) is 0 Å². The van der Waals surface area contributed by atoms with Crippen molar-refractivity contribution in [2.24, 2.45) is 0 Å². The van der Waals surface area contributed by atoms with E-state index in [-0.39, 0.29) is 6.79 Å². The van der Waals surface area contributed by atoms with Crippen molar-refractivity contribution in [2.45, 2.75) is 26.8 Å². The SMILES string of the molecule is CC#CCCOc1cc2c(cc1CNCC)OCO2. The minimum atomic E-state index is 0.279. The number of hydrogen-bond acceptors (Lipinski definition) is 4. The summed E-state index contributed by atoms with van der Waals surface area (Å²) in [6.07, 6.45) is 0.728. The van der Waals surface area contributed by atoms with Gasteiger partial charge in [-0.25, -0.2) is 0 Å². The van der Waals surface area contributed by atoms with Gasteiger partial charge in [0.1, 0.15) is 5.75 Å². The molecule has 4 nitrogen and oxygen atoms in total. The summed E-state index contributed by atoms with van der Waals surface area (Å²) in [6, 6.07) is 3.88. The van der Waals surface area contributed by atoms with Gasteiger partial charge >= 0.3 is 0 Å². The van der Waals surface area contributed by atoms with Crippen molar-refractivity contribution in [2.75, 3.05) is 19.9 Å². The molecule has 0 bridgehead atoms. The first-order chi connectivity index (χ1) is 9.35. The van der Waals surface area contributed by atoms with Crippen molar-refractivity contribution in [1.82, 2.24) is 5.32 Å². The molecule has 102 valence electrons. The second-order valence-corrected chi connectivity index (χ2v) is 4.12. The summed E-state index contributed by atoms with van der Waals surface area (Å²) in [4.78, 5) is 0. The van der Waals surface area contributed by atoms with Gasteiger partial charge in [0.05, 0.1) is 6.61 Å². The standard InChI is InChI=1S/C15H19NO3/c1-3-5-6-7-17-13-9-15-14(18-11-19-15)8-12(13)10-16-4-2/h8-9,16H,4,6-7,10-11H2,1-2H3. The van der Waals surface area contributed by atoms with Crippen molar-refractivity contribution in [3.05, 3.63) is 17.7 Å². The zero-order chi connectivity index (χ0) is 13.5. The number of fused-ring (bicyclic) bond motifs is 1. The lowest BCUT2D eigenvalue weighted by Gasteiger charge is -2.12. The normalized spacial score (nSPS) is 11.9. The number of nitrogens with one attached hydrogen (secondary N) is 1. The molecule has 0 saturated heterocycles. The van der Waals surface area contributed by atoms with Crippen LogP contribution < -0.4 is 19.5 Å². The van der Waals surface area contributed by atoms with Gasteiger partial charge in [0.15, 0.2) is 11.5 Å². The predicted molar refractivity (Wildman–Crippen MR) is 73.5 cm³/mol. The molecule has 1 aromatic rings. The molecule has 0 spiro atoms. The monoisotopic (exact) mass is 261 g/mol. The molecule has 1 aliphatic rings. The van der Waals surface area contributed by atoms with Crippen LogP contribution in [0.1, 0.15) is 25.8 Å². The molecular formula is C15H19NO3. The first-order valence-electron chi connectivity index (χ1n) is 6.50. The van der Waals surface area contributed by atoms with Crippen LogP contribution in [0.3, 0.4) is 0 Å². The molecular weight excluding hydrogens is 242 g/mol. The fourth-order valence-electron chi connectivity index (χ4n) is 1.83. The number of hydrogen-bond donors (Lipinski definition) is 1. The Morgan fingerprint density at radius 2 is 2.11 bits per heavy atom. The molecule has 1 N–H and O–H groups in total. The second-order valence-electron chi connectivity index (χ2n) is 4.12. The average Bonchev–Trinajstić information content (AvgIpc) is 2.88. The third kappa shape index (κ3) is 3.55. The molecule has 0 aromatic heterocycles. The predicted octanol–water partition coefficient (Wildman–Crippen LogP) is 2.32. The summed E-state index contributed by atoms with van der Waals surface area (Å²) in [7, 11) is 0. The molecule has 0 amide bonds. The molecule has 2 rings (SSSR count). The molecule has 0 fully saturated rings. The van der Waals surface area contributed by atoms with Crippen LogP contribution in [0.25, 0.3) is 0 Å². The zero-order valence-corrected chi connectivity index (χ0v) is 11.4. The van der Waals surface area contributed by atoms with E-state index in [4.69, 9.17) is 14.2 Å². The lowest BCUT2D eigenvalue weighted by atomic mass is 10.1. The Hall–Kier alpha value is -1.86. The van der Waals surface area contributed by atoms with E-state index < -0.39 is 0 Å². The van der Waals surface area contributed by atoms with E-state index >= 15 is 0 Å². The van der Waals surface area contributed by atoms with Crippen LogP contribution in [0, 0.1) is 11.8 Å². The molecule has 19 heavy (non-hydrogen) atoms. The van der Waals surface area contributed by atoms with Gasteiger partial charge in [0, 0.05) is 24.6 Å². The minimum Gasteiger partial charge on any atom is -0.492 e. The van der Waals surface area contributed by atoms with E-state index in [1.807, 2.05) is 19.1 Å². The third-order valence-electron chi connectivity index (χ3n) is 2.78. The highest BCUT2D eigenvalue weighted by atomic mass is 16.7. The molecule has 0 aliphatic carbocycles. The number of benzene rings is 1. The number of ether oxygens (including phenoxy) is 3. The van der Waals surface area contributed by atoms with Crippen molar-refractivity contribution in [3.8, 4) is 29.1 Å². The van der Waals surface area contributed by atoms with Crippen LogP contribution in [0.15, 0.2) is 12.1 Å². The summed E-state index contributed by atoms with van der Waals surface area (Å²) in [5.41, 5.74) is 1.08. The third-order valence-corrected chi connectivity index (χ3v) is 2.78. The first kappa shape index (κ1) is 13.6. The van der Waals surface area contributed by atoms with Gasteiger partial charge in [-0.1, -0.05) is 6.92 Å². The summed E-state index contributed by atoms with van der Waals surface area (Å²) < 4.78 is 16.5. The van der Waals surface area contributed by atoms with Gasteiger partial charge in [-0.2, -0.15) is 0 Å². The Morgan fingerprint density at radius 3 is 2.84 bits per heavy atom. The molecule has 0 saturated carbocycles. The van der Waals surface area contributed by atoms with Gasteiger partial charge in [-0.15, -0.1) is 11.8 Å². The maximum absolute atomic E-state index is 5.78. The van der Waals surface area contributed by atoms with Gasteiger partial charge in [-0.3, -0.25) is 0 Å². The smallest absolute Gasteiger partial charge is 0.231 e. The van der Waals surface area contributed by atoms with E-state index in [1.54, 1.807) is 0 Å². The largest absolute Gasteiger partial charge is 0.492 e. The van der Waals surface area contributed by atoms with Crippen molar-refractivity contribution in [1.29, 1.82) is 0 Å². The van der Waals surface area contributed by atoms with Crippen LogP contribution in [0.4, 0.5) is 0 Å². The summed E-state index contributed by atoms with van der Waals surface area (Å²) in [6.45, 7) is 6.43. The van der Waals surface area contributed by atoms with Crippen LogP contribution in [0.2, 0.25) is 0 Å². The van der Waals surface area contributed by atoms with E-state index in [0.717, 1.165) is 42.3 Å². The topological polar surface area (TPSA) is 39.7 Å². The Morgan fingerprint density at radius 1 is 1.32 bits per heavy atom. The fourth-order valence-corrected chi connectivity index (χ4v) is 1.83. The zero-order valence-electron chi connectivity index (χ0n) is 11.4. The fraction of sp³-hybridized carbons (Fsp3) is 0.467. The van der Waals surface area contributed by atoms with Crippen molar-refractivity contribution >= 4 is 0 Å². The van der Waals surface area contributed by atoms with E-state index in [1.165, 1.54) is 0 Å². The average molecular weight is 261 g/mol. The highest BCUT2D eigenvalue weighted by Crippen LogP contribution is 2.38. The van der Waals surface area contributed by atoms with Crippen molar-refractivity contribution in [3.63, 3.8) is 0 Å². The van der Waals surface area contributed by atoms with Crippen LogP contribution in [0.5, 0.6) is 17.2 Å². The molecule has 1 aromatic carbocycles. The van der Waals surface area contributed by atoms with Crippen LogP contribution in [-0.2, 0) is 6.54 Å². The summed E-state index contributed by atoms with van der Waals surface area (Å²) >= 11 is 0. The van der Waals surface area contributed by atoms with Gasteiger partial charge in [0.25, 0.3) is 0 Å². The quantitative estimate of drug-likeness (QED) is 0.630. The van der Waals surface area contributed by atoms with E-state index in [0.29, 0.717) is 6.61 Å². The molecule has 4 heteroatoms. The van der Waals surface area contributed by atoms with E-state index in [2.05, 4.69) is 24.1 Å². The Balaban J connectivity index is 2.10. The second kappa shape index (κ2) is 6.91. The van der Waals surface area contributed by atoms with Crippen LogP contribution in [-0.4, -0.2) is 19.9 Å². The van der Waals surface area contributed by atoms with Crippen LogP contribution >= 0.6 is 0 Å². The maximum atomic E-state index is 5.78. The van der Waals surface area contributed by atoms with Gasteiger partial charge < -0.3 is 19.5 Å². The minimum absolute atomic E-state index is 0.279. The molecule has 1 aliphatic heterocycles. The van der Waals surface area contributed by atoms with Crippen molar-refractivity contribution < 1.29 is 14.2 Å². The Bertz CT molecular complexity index is 488. The highest BCUT2D eigenvalue weighted by molar-refractivity contribution is 5.51. The van der Waals surface area contributed by atoms with Gasteiger partial charge in [0.2, 0.25) is 6.79 Å². The number of rotatable bonds is 6. The lowest BCUT2D eigenvalue weighted by molar-refractivity contribution is 0.173.